The lowest BCUT2D eigenvalue weighted by molar-refractivity contribution is 0.0990. The first-order chi connectivity index (χ1) is 20.9. The third kappa shape index (κ3) is 5.30. The summed E-state index contributed by atoms with van der Waals surface area (Å²) in [5.74, 6) is 1.62. The molecule has 0 atom stereocenters. The topological polar surface area (TPSA) is 140 Å². The Kier molecular flexibility index (Phi) is 7.33. The number of benzene rings is 2. The van der Waals surface area contributed by atoms with Gasteiger partial charge in [0.25, 0.3) is 5.91 Å². The molecular formula is C31H31N9O3. The van der Waals surface area contributed by atoms with Crippen LogP contribution in [0.1, 0.15) is 40.1 Å². The second kappa shape index (κ2) is 11.4. The number of carbonyl (C=O) groups excluding carboxylic acids is 1. The van der Waals surface area contributed by atoms with Gasteiger partial charge < -0.3 is 15.2 Å². The maximum absolute atomic E-state index is 12.4. The molecule has 0 spiro atoms. The molecule has 0 radical (unpaired) electrons. The summed E-state index contributed by atoms with van der Waals surface area (Å²) < 4.78 is 16.9. The van der Waals surface area contributed by atoms with Crippen LogP contribution in [0.15, 0.2) is 67.0 Å². The number of hydrogen-bond acceptors (Lipinski definition) is 8. The van der Waals surface area contributed by atoms with E-state index in [-0.39, 0.29) is 5.82 Å². The Morgan fingerprint density at radius 3 is 2.42 bits per heavy atom. The van der Waals surface area contributed by atoms with Crippen molar-refractivity contribution in [2.75, 3.05) is 7.11 Å². The highest BCUT2D eigenvalue weighted by Gasteiger charge is 2.27. The SMILES string of the molecule is CCn1nc(C)c(OCc2ccccc2)c1-c1nc(-c2nc(C(N)=O)n3cc(C)ncc23)n(Cc2ccc(OC)cc2)n1. The first-order valence-corrected chi connectivity index (χ1v) is 13.8. The van der Waals surface area contributed by atoms with E-state index in [0.717, 1.165) is 22.6 Å². The zero-order chi connectivity index (χ0) is 30.1. The number of amides is 1. The van der Waals surface area contributed by atoms with Crippen LogP contribution in [0.3, 0.4) is 0 Å². The maximum atomic E-state index is 12.4. The van der Waals surface area contributed by atoms with Crippen LogP contribution in [-0.4, -0.2) is 51.9 Å². The molecule has 0 aliphatic rings. The van der Waals surface area contributed by atoms with Crippen LogP contribution >= 0.6 is 0 Å². The van der Waals surface area contributed by atoms with Crippen molar-refractivity contribution in [2.45, 2.75) is 40.5 Å². The van der Waals surface area contributed by atoms with E-state index in [1.165, 1.54) is 0 Å². The van der Waals surface area contributed by atoms with Gasteiger partial charge in [-0.3, -0.25) is 18.9 Å². The van der Waals surface area contributed by atoms with Crippen LogP contribution in [0.25, 0.3) is 28.6 Å². The Balaban J connectivity index is 1.51. The Labute approximate surface area is 247 Å². The van der Waals surface area contributed by atoms with E-state index < -0.39 is 5.91 Å². The van der Waals surface area contributed by atoms with Crippen LogP contribution < -0.4 is 15.2 Å². The van der Waals surface area contributed by atoms with Crippen molar-refractivity contribution < 1.29 is 14.3 Å². The smallest absolute Gasteiger partial charge is 0.285 e. The summed E-state index contributed by atoms with van der Waals surface area (Å²) in [6.45, 7) is 7.05. The van der Waals surface area contributed by atoms with E-state index in [0.29, 0.717) is 59.7 Å². The lowest BCUT2D eigenvalue weighted by atomic mass is 10.2. The fourth-order valence-electron chi connectivity index (χ4n) is 4.97. The predicted octanol–water partition coefficient (Wildman–Crippen LogP) is 4.22. The highest BCUT2D eigenvalue weighted by molar-refractivity contribution is 5.92. The molecule has 4 heterocycles. The molecule has 0 unspecified atom stereocenters. The number of methoxy groups -OCH3 is 1. The average molecular weight is 578 g/mol. The Bertz CT molecular complexity index is 1920. The monoisotopic (exact) mass is 577 g/mol. The minimum atomic E-state index is -0.662. The van der Waals surface area contributed by atoms with Gasteiger partial charge in [-0.05, 0) is 44.0 Å². The Hall–Kier alpha value is -5.52. The average Bonchev–Trinajstić information content (AvgIpc) is 3.69. The second-order valence-corrected chi connectivity index (χ2v) is 10.1. The maximum Gasteiger partial charge on any atom is 0.285 e. The van der Waals surface area contributed by atoms with Crippen LogP contribution in [0.5, 0.6) is 11.5 Å². The van der Waals surface area contributed by atoms with E-state index >= 15 is 0 Å². The normalized spacial score (nSPS) is 11.3. The summed E-state index contributed by atoms with van der Waals surface area (Å²) in [6.07, 6.45) is 3.38. The molecule has 0 saturated carbocycles. The number of ether oxygens (including phenoxy) is 2. The number of aryl methyl sites for hydroxylation is 3. The molecule has 0 fully saturated rings. The van der Waals surface area contributed by atoms with Gasteiger partial charge in [-0.15, -0.1) is 5.10 Å². The molecule has 0 saturated heterocycles. The molecule has 218 valence electrons. The largest absolute Gasteiger partial charge is 0.497 e. The van der Waals surface area contributed by atoms with E-state index in [4.69, 9.17) is 30.4 Å². The fourth-order valence-corrected chi connectivity index (χ4v) is 4.97. The molecule has 6 rings (SSSR count). The zero-order valence-electron chi connectivity index (χ0n) is 24.4. The van der Waals surface area contributed by atoms with E-state index in [9.17, 15) is 4.79 Å². The van der Waals surface area contributed by atoms with Gasteiger partial charge in [0, 0.05) is 12.7 Å². The number of primary amides is 1. The number of nitrogens with zero attached hydrogens (tertiary/aromatic N) is 8. The number of fused-ring (bicyclic) bond motifs is 1. The second-order valence-electron chi connectivity index (χ2n) is 10.1. The lowest BCUT2D eigenvalue weighted by Gasteiger charge is -2.08. The number of aromatic nitrogens is 8. The van der Waals surface area contributed by atoms with Gasteiger partial charge in [0.15, 0.2) is 11.6 Å². The lowest BCUT2D eigenvalue weighted by Crippen LogP contribution is -2.15. The number of nitrogens with two attached hydrogens (primary N) is 1. The van der Waals surface area contributed by atoms with E-state index in [1.54, 1.807) is 28.6 Å². The third-order valence-electron chi connectivity index (χ3n) is 7.06. The fraction of sp³-hybridized carbons (Fsp3) is 0.226. The summed E-state index contributed by atoms with van der Waals surface area (Å²) in [5, 5.41) is 9.68. The van der Waals surface area contributed by atoms with Gasteiger partial charge in [-0.2, -0.15) is 5.10 Å². The summed E-state index contributed by atoms with van der Waals surface area (Å²) >= 11 is 0. The molecule has 43 heavy (non-hydrogen) atoms. The molecule has 2 aromatic carbocycles. The standard InChI is InChI=1S/C31H31N9O3/c1-5-39-26(27(20(3)36-39)43-18-22-9-7-6-8-10-22)29-35-30(40(37-29)17-21-11-13-23(42-4)14-12-21)25-24-15-33-19(2)16-38(24)31(34-25)28(32)41/h6-16H,5,17-18H2,1-4H3,(H2,32,41). The molecular weight excluding hydrogens is 546 g/mol. The molecule has 12 nitrogen and oxygen atoms in total. The van der Waals surface area contributed by atoms with Crippen molar-refractivity contribution in [1.29, 1.82) is 0 Å². The van der Waals surface area contributed by atoms with Crippen LogP contribution in [0.2, 0.25) is 0 Å². The first kappa shape index (κ1) is 27.6. The molecule has 2 N–H and O–H groups in total. The van der Waals surface area contributed by atoms with Gasteiger partial charge in [0.1, 0.15) is 29.4 Å². The van der Waals surface area contributed by atoms with Crippen molar-refractivity contribution in [3.05, 3.63) is 95.3 Å². The van der Waals surface area contributed by atoms with Gasteiger partial charge in [0.05, 0.1) is 31.1 Å². The number of rotatable bonds is 10. The Morgan fingerprint density at radius 1 is 0.953 bits per heavy atom. The van der Waals surface area contributed by atoms with Gasteiger partial charge in [-0.25, -0.2) is 14.6 Å². The Morgan fingerprint density at radius 2 is 1.72 bits per heavy atom. The highest BCUT2D eigenvalue weighted by Crippen LogP contribution is 2.34. The molecule has 1 amide bonds. The first-order valence-electron chi connectivity index (χ1n) is 13.8. The summed E-state index contributed by atoms with van der Waals surface area (Å²) in [5.41, 5.74) is 10.8. The summed E-state index contributed by atoms with van der Waals surface area (Å²) in [7, 11) is 1.63. The van der Waals surface area contributed by atoms with Gasteiger partial charge in [0.2, 0.25) is 11.6 Å². The van der Waals surface area contributed by atoms with Crippen LogP contribution in [0, 0.1) is 13.8 Å². The van der Waals surface area contributed by atoms with Crippen molar-refractivity contribution in [3.63, 3.8) is 0 Å². The minimum Gasteiger partial charge on any atom is -0.497 e. The van der Waals surface area contributed by atoms with Crippen molar-refractivity contribution in [2.24, 2.45) is 5.73 Å². The van der Waals surface area contributed by atoms with Crippen LogP contribution in [-0.2, 0) is 19.7 Å². The molecule has 0 aliphatic heterocycles. The van der Waals surface area contributed by atoms with Gasteiger partial charge >= 0.3 is 0 Å². The number of carbonyl (C=O) groups is 1. The van der Waals surface area contributed by atoms with Crippen molar-refractivity contribution in [3.8, 4) is 34.5 Å². The molecule has 12 heteroatoms. The van der Waals surface area contributed by atoms with Gasteiger partial charge in [-0.1, -0.05) is 42.5 Å². The van der Waals surface area contributed by atoms with Crippen molar-refractivity contribution in [1.82, 2.24) is 38.9 Å². The molecule has 0 bridgehead atoms. The minimum absolute atomic E-state index is 0.0809. The summed E-state index contributed by atoms with van der Waals surface area (Å²) in [6, 6.07) is 17.6. The number of hydrogen-bond donors (Lipinski definition) is 1. The number of imidazole rings is 1. The van der Waals surface area contributed by atoms with E-state index in [2.05, 4.69) is 9.97 Å². The van der Waals surface area contributed by atoms with E-state index in [1.807, 2.05) is 80.1 Å². The van der Waals surface area contributed by atoms with Crippen LogP contribution in [0.4, 0.5) is 0 Å². The summed E-state index contributed by atoms with van der Waals surface area (Å²) in [4.78, 5) is 26.5. The highest BCUT2D eigenvalue weighted by atomic mass is 16.5. The quantitative estimate of drug-likeness (QED) is 0.255. The molecule has 4 aromatic heterocycles. The zero-order valence-corrected chi connectivity index (χ0v) is 24.4. The van der Waals surface area contributed by atoms with Crippen molar-refractivity contribution >= 4 is 11.4 Å². The predicted molar refractivity (Wildman–Crippen MR) is 160 cm³/mol. The third-order valence-corrected chi connectivity index (χ3v) is 7.06. The molecule has 6 aromatic rings. The molecule has 0 aliphatic carbocycles.